The minimum absolute atomic E-state index is 0.184. The van der Waals surface area contributed by atoms with Crippen molar-refractivity contribution in [3.05, 3.63) is 106 Å². The molecule has 0 aliphatic carbocycles. The normalized spacial score (nSPS) is 10.6. The predicted octanol–water partition coefficient (Wildman–Crippen LogP) is 5.58. The third-order valence-corrected chi connectivity index (χ3v) is 5.22. The number of rotatable bonds is 10. The number of carbonyl (C=O) groups is 2. The second-order valence-corrected chi connectivity index (χ2v) is 9.10. The van der Waals surface area contributed by atoms with Gasteiger partial charge in [0.1, 0.15) is 0 Å². The van der Waals surface area contributed by atoms with Gasteiger partial charge in [-0.2, -0.15) is 0 Å². The van der Waals surface area contributed by atoms with E-state index in [9.17, 15) is 9.59 Å². The Labute approximate surface area is 237 Å². The first kappa shape index (κ1) is 33.0. The highest BCUT2D eigenvalue weighted by atomic mass is 16.1. The Morgan fingerprint density at radius 2 is 0.925 bits per heavy atom. The van der Waals surface area contributed by atoms with E-state index < -0.39 is 0 Å². The van der Waals surface area contributed by atoms with Crippen molar-refractivity contribution >= 4 is 47.8 Å². The van der Waals surface area contributed by atoms with E-state index in [2.05, 4.69) is 10.6 Å². The molecule has 0 aromatic heterocycles. The first-order chi connectivity index (χ1) is 19.0. The van der Waals surface area contributed by atoms with Crippen molar-refractivity contribution in [1.82, 2.24) is 0 Å². The maximum Gasteiger partial charge on any atom is 0.236 e. The number of nitrogens with two attached hydrogens (primary N) is 2. The van der Waals surface area contributed by atoms with Crippen molar-refractivity contribution in [3.63, 3.8) is 0 Å². The average molecular weight is 541 g/mol. The molecule has 8 nitrogen and oxygen atoms in total. The van der Waals surface area contributed by atoms with Crippen LogP contribution in [0.3, 0.4) is 0 Å². The highest BCUT2D eigenvalue weighted by Gasteiger charge is 1.95. The number of hydrogen-bond acceptors (Lipinski definition) is 6. The van der Waals surface area contributed by atoms with Crippen LogP contribution in [0.5, 0.6) is 0 Å². The number of amides is 2. The first-order valence-corrected chi connectivity index (χ1v) is 12.7. The van der Waals surface area contributed by atoms with Gasteiger partial charge in [0.2, 0.25) is 11.8 Å². The van der Waals surface area contributed by atoms with Gasteiger partial charge in [0, 0.05) is 23.8 Å². The van der Waals surface area contributed by atoms with E-state index in [4.69, 9.17) is 22.3 Å². The van der Waals surface area contributed by atoms with E-state index in [1.165, 1.54) is 23.6 Å². The number of benzene rings is 3. The molecular formula is C32H40N6O2. The Bertz CT molecular complexity index is 1190. The summed E-state index contributed by atoms with van der Waals surface area (Å²) in [6, 6.07) is 23.6. The van der Waals surface area contributed by atoms with Gasteiger partial charge >= 0.3 is 0 Å². The first-order valence-electron chi connectivity index (χ1n) is 12.7. The van der Waals surface area contributed by atoms with E-state index in [1.807, 2.05) is 113 Å². The highest BCUT2D eigenvalue weighted by Crippen LogP contribution is 2.11. The summed E-state index contributed by atoms with van der Waals surface area (Å²) >= 11 is 0. The molecule has 3 aromatic rings. The zero-order valence-corrected chi connectivity index (χ0v) is 23.6. The van der Waals surface area contributed by atoms with Gasteiger partial charge in [0.15, 0.2) is 0 Å². The zero-order valence-electron chi connectivity index (χ0n) is 23.6. The van der Waals surface area contributed by atoms with Crippen LogP contribution in [-0.4, -0.2) is 37.3 Å². The van der Waals surface area contributed by atoms with Crippen LogP contribution in [0.15, 0.2) is 83.9 Å². The van der Waals surface area contributed by atoms with E-state index in [0.29, 0.717) is 0 Å². The fourth-order valence-electron chi connectivity index (χ4n) is 3.02. The van der Waals surface area contributed by atoms with E-state index in [1.54, 1.807) is 0 Å². The Hall–Kier alpha value is -4.98. The lowest BCUT2D eigenvalue weighted by Crippen LogP contribution is -2.21. The molecule has 0 spiro atoms. The predicted molar refractivity (Wildman–Crippen MR) is 169 cm³/mol. The minimum atomic E-state index is -0.351. The smallest absolute Gasteiger partial charge is 0.236 e. The van der Waals surface area contributed by atoms with Crippen LogP contribution in [-0.2, 0) is 9.59 Å². The van der Waals surface area contributed by atoms with Crippen LogP contribution in [0, 0.1) is 24.7 Å². The summed E-state index contributed by atoms with van der Waals surface area (Å²) in [6.07, 6.45) is 6.61. The maximum absolute atomic E-state index is 10.4. The van der Waals surface area contributed by atoms with Gasteiger partial charge in [-0.1, -0.05) is 71.8 Å². The molecule has 0 aliphatic heterocycles. The number of primary amides is 2. The molecule has 0 radical (unpaired) electrons. The Balaban J connectivity index is 0.000000305. The van der Waals surface area contributed by atoms with Gasteiger partial charge in [-0.15, -0.1) is 0 Å². The van der Waals surface area contributed by atoms with Crippen molar-refractivity contribution < 1.29 is 9.59 Å². The number of nitrogens with one attached hydrogen (secondary N) is 4. The molecule has 8 N–H and O–H groups in total. The maximum atomic E-state index is 10.4. The molecule has 0 heterocycles. The molecule has 3 aromatic carbocycles. The molecule has 0 atom stereocenters. The molecular weight excluding hydrogens is 500 g/mol. The molecule has 0 unspecified atom stereocenters. The molecule has 0 fully saturated rings. The third-order valence-electron chi connectivity index (χ3n) is 5.22. The molecule has 210 valence electrons. The Morgan fingerprint density at radius 1 is 0.625 bits per heavy atom. The number of carbonyl (C=O) groups excluding carboxylic acids is 2. The van der Waals surface area contributed by atoms with Gasteiger partial charge < -0.3 is 32.9 Å². The summed E-state index contributed by atoms with van der Waals surface area (Å²) in [4.78, 5) is 20.8. The van der Waals surface area contributed by atoms with Crippen LogP contribution in [0.2, 0.25) is 0 Å². The molecule has 0 bridgehead atoms. The monoisotopic (exact) mass is 540 g/mol. The van der Waals surface area contributed by atoms with Crippen LogP contribution in [0.1, 0.15) is 36.1 Å². The summed E-state index contributed by atoms with van der Waals surface area (Å²) < 4.78 is 0. The lowest BCUT2D eigenvalue weighted by atomic mass is 10.1. The molecule has 0 aliphatic rings. The number of anilines is 2. The second-order valence-electron chi connectivity index (χ2n) is 9.10. The fraction of sp³-hybridized carbons (Fsp3) is 0.188. The summed E-state index contributed by atoms with van der Waals surface area (Å²) in [7, 11) is 0. The van der Waals surface area contributed by atoms with Gasteiger partial charge in [-0.05, 0) is 74.2 Å². The molecule has 8 heteroatoms. The van der Waals surface area contributed by atoms with E-state index in [-0.39, 0.29) is 24.9 Å². The van der Waals surface area contributed by atoms with Crippen molar-refractivity contribution in [3.8, 4) is 0 Å². The Kier molecular flexibility index (Phi) is 15.1. The van der Waals surface area contributed by atoms with Crippen LogP contribution in [0.25, 0.3) is 12.2 Å². The molecule has 2 amide bonds. The molecule has 3 rings (SSSR count). The largest absolute Gasteiger partial charge is 0.376 e. The van der Waals surface area contributed by atoms with Crippen molar-refractivity contribution in [2.45, 2.75) is 27.7 Å². The second kappa shape index (κ2) is 18.3. The van der Waals surface area contributed by atoms with Crippen molar-refractivity contribution in [2.75, 3.05) is 23.7 Å². The quantitative estimate of drug-likeness (QED) is 0.186. The zero-order chi connectivity index (χ0) is 29.9. The molecule has 0 saturated heterocycles. The topological polar surface area (TPSA) is 158 Å². The SMILES string of the molecule is C/C(C=N)=C\c1ccc(/C=C(\C)C=N)cc1.Cc1ccc(NCC(N)=O)cc1.Cc1ccc(NCC(N)=O)cc1. The van der Waals surface area contributed by atoms with Crippen molar-refractivity contribution in [2.24, 2.45) is 11.5 Å². The number of allylic oxidation sites excluding steroid dienone is 2. The number of aryl methyl sites for hydroxylation is 2. The van der Waals surface area contributed by atoms with E-state index in [0.717, 1.165) is 33.6 Å². The highest BCUT2D eigenvalue weighted by molar-refractivity contribution is 5.84. The van der Waals surface area contributed by atoms with Gasteiger partial charge in [0.25, 0.3) is 0 Å². The van der Waals surface area contributed by atoms with Gasteiger partial charge in [0.05, 0.1) is 13.1 Å². The summed E-state index contributed by atoms with van der Waals surface area (Å²) in [5.74, 6) is -0.703. The van der Waals surface area contributed by atoms with Crippen molar-refractivity contribution in [1.29, 1.82) is 10.8 Å². The van der Waals surface area contributed by atoms with Gasteiger partial charge in [-0.25, -0.2) is 0 Å². The summed E-state index contributed by atoms with van der Waals surface area (Å²) in [6.45, 7) is 8.20. The fourth-order valence-corrected chi connectivity index (χ4v) is 3.02. The summed E-state index contributed by atoms with van der Waals surface area (Å²) in [5, 5.41) is 20.0. The third kappa shape index (κ3) is 15.3. The van der Waals surface area contributed by atoms with Crippen LogP contribution < -0.4 is 22.1 Å². The standard InChI is InChI=1S/C14H16N2.2C9H12N2O/c1-11(9-15)7-13-3-5-14(6-4-13)8-12(2)10-16;2*1-7-2-4-8(5-3-7)11-6-9(10)12/h3-10,15-16H,1-2H3;2*2-5,11H,6H2,1H3,(H2,10,12)/b11-7+,12-8+,15-9?,16-10?;;. The van der Waals surface area contributed by atoms with Crippen LogP contribution in [0.4, 0.5) is 11.4 Å². The molecule has 0 saturated carbocycles. The number of hydrogen-bond donors (Lipinski definition) is 6. The lowest BCUT2D eigenvalue weighted by molar-refractivity contribution is -0.117. The molecule has 40 heavy (non-hydrogen) atoms. The average Bonchev–Trinajstić information content (AvgIpc) is 2.94. The minimum Gasteiger partial charge on any atom is -0.376 e. The Morgan fingerprint density at radius 3 is 1.18 bits per heavy atom. The van der Waals surface area contributed by atoms with Crippen LogP contribution >= 0.6 is 0 Å². The van der Waals surface area contributed by atoms with Gasteiger partial charge in [-0.3, -0.25) is 9.59 Å². The van der Waals surface area contributed by atoms with E-state index >= 15 is 0 Å². The summed E-state index contributed by atoms with van der Waals surface area (Å²) in [5.41, 5.74) is 18.2. The lowest BCUT2D eigenvalue weighted by Gasteiger charge is -2.02.